The van der Waals surface area contributed by atoms with Crippen LogP contribution in [0.1, 0.15) is 6.92 Å². The molecule has 0 aromatic heterocycles. The normalized spacial score (nSPS) is 34.0. The number of hydrogen-bond acceptors (Lipinski definition) is 11. The molecule has 1 fully saturated rings. The van der Waals surface area contributed by atoms with E-state index in [1.807, 2.05) is 0 Å². The molecule has 9 N–H and O–H groups in total. The lowest BCUT2D eigenvalue weighted by Crippen LogP contribution is -2.62. The highest BCUT2D eigenvalue weighted by Crippen LogP contribution is 2.24. The summed E-state index contributed by atoms with van der Waals surface area (Å²) in [6.45, 7) is -1.19. The van der Waals surface area contributed by atoms with Gasteiger partial charge in [-0.05, 0) is 0 Å². The van der Waals surface area contributed by atoms with Crippen molar-refractivity contribution in [3.05, 3.63) is 0 Å². The van der Waals surface area contributed by atoms with Gasteiger partial charge in [-0.1, -0.05) is 0 Å². The third-order valence-electron chi connectivity index (χ3n) is 4.04. The Morgan fingerprint density at radius 3 is 2.15 bits per heavy atom. The second-order valence-corrected chi connectivity index (χ2v) is 6.03. The standard InChI is InChI=1S/C14H27NO11/c1-5(19)15-6(2-16)9(21)13(7(20)3-17)26-14-12(24)11(23)10(22)8(4-18)25-14/h6-14,16-18,20-24H,2-4H2,1H3,(H,15,19)/t6-,7+,8+,9+,10-,11-,12+,13+,14-/m0/s1. The van der Waals surface area contributed by atoms with Gasteiger partial charge in [0.25, 0.3) is 0 Å². The van der Waals surface area contributed by atoms with Crippen molar-refractivity contribution in [2.75, 3.05) is 19.8 Å². The fourth-order valence-corrected chi connectivity index (χ4v) is 2.57. The highest BCUT2D eigenvalue weighted by molar-refractivity contribution is 5.73. The molecule has 1 saturated heterocycles. The van der Waals surface area contributed by atoms with Crippen molar-refractivity contribution in [1.82, 2.24) is 5.32 Å². The summed E-state index contributed by atoms with van der Waals surface area (Å²) in [6, 6.07) is -1.27. The number of carbonyl (C=O) groups is 1. The monoisotopic (exact) mass is 385 g/mol. The molecule has 0 unspecified atom stereocenters. The second-order valence-electron chi connectivity index (χ2n) is 6.03. The first-order valence-corrected chi connectivity index (χ1v) is 7.98. The first-order chi connectivity index (χ1) is 12.2. The summed E-state index contributed by atoms with van der Waals surface area (Å²) in [5.74, 6) is -0.590. The van der Waals surface area contributed by atoms with Crippen molar-refractivity contribution < 1.29 is 55.1 Å². The van der Waals surface area contributed by atoms with E-state index in [1.165, 1.54) is 0 Å². The highest BCUT2D eigenvalue weighted by Gasteiger charge is 2.46. The number of rotatable bonds is 9. The first-order valence-electron chi connectivity index (χ1n) is 7.98. The maximum atomic E-state index is 11.1. The number of amides is 1. The van der Waals surface area contributed by atoms with Crippen molar-refractivity contribution in [2.24, 2.45) is 0 Å². The maximum Gasteiger partial charge on any atom is 0.217 e. The van der Waals surface area contributed by atoms with Crippen molar-refractivity contribution in [1.29, 1.82) is 0 Å². The van der Waals surface area contributed by atoms with Crippen LogP contribution < -0.4 is 5.32 Å². The van der Waals surface area contributed by atoms with Crippen molar-refractivity contribution >= 4 is 5.91 Å². The van der Waals surface area contributed by atoms with Gasteiger partial charge >= 0.3 is 0 Å². The molecule has 0 aliphatic carbocycles. The van der Waals surface area contributed by atoms with E-state index in [4.69, 9.17) is 19.7 Å². The SMILES string of the molecule is CC(=O)N[C@@H](CO)[C@@H](O)[C@H](O[C@@H]1O[C@H](CO)[C@H](O)[C@H](O)[C@H]1O)[C@H](O)CO. The third-order valence-corrected chi connectivity index (χ3v) is 4.04. The molecule has 0 radical (unpaired) electrons. The van der Waals surface area contributed by atoms with E-state index in [-0.39, 0.29) is 0 Å². The Morgan fingerprint density at radius 2 is 1.69 bits per heavy atom. The van der Waals surface area contributed by atoms with Gasteiger partial charge in [-0.2, -0.15) is 0 Å². The summed E-state index contributed by atoms with van der Waals surface area (Å²) in [7, 11) is 0. The lowest BCUT2D eigenvalue weighted by Gasteiger charge is -2.42. The molecule has 1 rings (SSSR count). The van der Waals surface area contributed by atoms with Crippen molar-refractivity contribution in [3.8, 4) is 0 Å². The Bertz CT molecular complexity index is 437. The van der Waals surface area contributed by atoms with Crippen LogP contribution in [0.25, 0.3) is 0 Å². The fourth-order valence-electron chi connectivity index (χ4n) is 2.57. The largest absolute Gasteiger partial charge is 0.394 e. The van der Waals surface area contributed by atoms with Gasteiger partial charge in [0.05, 0.1) is 25.9 Å². The number of ether oxygens (including phenoxy) is 2. The number of aliphatic hydroxyl groups excluding tert-OH is 8. The fraction of sp³-hybridized carbons (Fsp3) is 0.929. The average Bonchev–Trinajstić information content (AvgIpc) is 2.62. The van der Waals surface area contributed by atoms with E-state index >= 15 is 0 Å². The quantitative estimate of drug-likeness (QED) is 0.183. The highest BCUT2D eigenvalue weighted by atomic mass is 16.7. The second kappa shape index (κ2) is 10.4. The zero-order valence-corrected chi connectivity index (χ0v) is 14.1. The number of nitrogens with one attached hydrogen (secondary N) is 1. The minimum absolute atomic E-state index is 0.590. The molecule has 0 aromatic carbocycles. The zero-order valence-electron chi connectivity index (χ0n) is 14.1. The number of carbonyl (C=O) groups excluding carboxylic acids is 1. The molecule has 9 atom stereocenters. The molecule has 0 spiro atoms. The summed E-state index contributed by atoms with van der Waals surface area (Å²) in [6.07, 6.45) is -13.3. The molecular weight excluding hydrogens is 358 g/mol. The predicted molar refractivity (Wildman–Crippen MR) is 82.4 cm³/mol. The molecule has 0 bridgehead atoms. The summed E-state index contributed by atoms with van der Waals surface area (Å²) in [5, 5.41) is 79.5. The van der Waals surface area contributed by atoms with E-state index in [0.29, 0.717) is 0 Å². The molecule has 12 heteroatoms. The van der Waals surface area contributed by atoms with Gasteiger partial charge in [0.1, 0.15) is 42.7 Å². The van der Waals surface area contributed by atoms with Crippen LogP contribution >= 0.6 is 0 Å². The van der Waals surface area contributed by atoms with Gasteiger partial charge in [-0.15, -0.1) is 0 Å². The summed E-state index contributed by atoms with van der Waals surface area (Å²) < 4.78 is 10.4. The molecule has 154 valence electrons. The van der Waals surface area contributed by atoms with Crippen LogP contribution in [0, 0.1) is 0 Å². The summed E-state index contributed by atoms with van der Waals surface area (Å²) >= 11 is 0. The number of hydrogen-bond donors (Lipinski definition) is 9. The predicted octanol–water partition coefficient (Wildman–Crippen LogP) is -5.62. The molecule has 1 heterocycles. The van der Waals surface area contributed by atoms with E-state index < -0.39 is 80.8 Å². The first kappa shape index (κ1) is 23.1. The van der Waals surface area contributed by atoms with Gasteiger partial charge in [-0.3, -0.25) is 4.79 Å². The lowest BCUT2D eigenvalue weighted by molar-refractivity contribution is -0.325. The maximum absolute atomic E-state index is 11.1. The summed E-state index contributed by atoms with van der Waals surface area (Å²) in [4.78, 5) is 11.1. The lowest BCUT2D eigenvalue weighted by atomic mass is 9.98. The minimum atomic E-state index is -1.80. The van der Waals surface area contributed by atoms with Crippen LogP contribution in [0.3, 0.4) is 0 Å². The van der Waals surface area contributed by atoms with Crippen LogP contribution in [0.4, 0.5) is 0 Å². The van der Waals surface area contributed by atoms with Gasteiger partial charge < -0.3 is 55.6 Å². The van der Waals surface area contributed by atoms with Crippen LogP contribution in [-0.2, 0) is 14.3 Å². The molecule has 1 aliphatic heterocycles. The van der Waals surface area contributed by atoms with E-state index in [0.717, 1.165) is 6.92 Å². The molecular formula is C14H27NO11. The van der Waals surface area contributed by atoms with Crippen molar-refractivity contribution in [2.45, 2.75) is 62.0 Å². The van der Waals surface area contributed by atoms with Crippen LogP contribution in [0.15, 0.2) is 0 Å². The number of aliphatic hydroxyl groups is 8. The average molecular weight is 385 g/mol. The molecule has 12 nitrogen and oxygen atoms in total. The zero-order chi connectivity index (χ0) is 20.0. The summed E-state index contributed by atoms with van der Waals surface area (Å²) in [5.41, 5.74) is 0. The van der Waals surface area contributed by atoms with Crippen molar-refractivity contribution in [3.63, 3.8) is 0 Å². The molecule has 0 aromatic rings. The Balaban J connectivity index is 2.97. The Kier molecular flexibility index (Phi) is 9.26. The Morgan fingerprint density at radius 1 is 1.08 bits per heavy atom. The van der Waals surface area contributed by atoms with Crippen LogP contribution in [-0.4, -0.2) is 122 Å². The topological polar surface area (TPSA) is 209 Å². The third kappa shape index (κ3) is 5.53. The van der Waals surface area contributed by atoms with Gasteiger partial charge in [0.2, 0.25) is 5.91 Å². The minimum Gasteiger partial charge on any atom is -0.394 e. The van der Waals surface area contributed by atoms with E-state index in [1.54, 1.807) is 0 Å². The van der Waals surface area contributed by atoms with Crippen LogP contribution in [0.5, 0.6) is 0 Å². The smallest absolute Gasteiger partial charge is 0.217 e. The van der Waals surface area contributed by atoms with E-state index in [2.05, 4.69) is 5.32 Å². The molecule has 26 heavy (non-hydrogen) atoms. The molecule has 0 saturated carbocycles. The van der Waals surface area contributed by atoms with Gasteiger partial charge in [-0.25, -0.2) is 0 Å². The van der Waals surface area contributed by atoms with Gasteiger partial charge in [0.15, 0.2) is 6.29 Å². The Labute approximate surface area is 149 Å². The Hall–Kier alpha value is -0.930. The van der Waals surface area contributed by atoms with E-state index in [9.17, 15) is 35.4 Å². The van der Waals surface area contributed by atoms with Gasteiger partial charge in [0, 0.05) is 6.92 Å². The molecule has 1 amide bonds. The van der Waals surface area contributed by atoms with Crippen LogP contribution in [0.2, 0.25) is 0 Å². The molecule has 1 aliphatic rings.